The number of aromatic nitrogens is 2. The average molecular weight is 373 g/mol. The Morgan fingerprint density at radius 1 is 1.14 bits per heavy atom. The van der Waals surface area contributed by atoms with E-state index in [-0.39, 0.29) is 17.4 Å². The zero-order chi connectivity index (χ0) is 19.7. The van der Waals surface area contributed by atoms with E-state index in [1.54, 1.807) is 42.7 Å². The molecule has 2 aromatic heterocycles. The summed E-state index contributed by atoms with van der Waals surface area (Å²) in [6.07, 6.45) is 3.19. The average Bonchev–Trinajstić information content (AvgIpc) is 3.07. The van der Waals surface area contributed by atoms with Crippen LogP contribution in [0.25, 0.3) is 0 Å². The number of aliphatic imine (C=N–C) groups is 1. The van der Waals surface area contributed by atoms with Crippen LogP contribution in [0.15, 0.2) is 70.7 Å². The second-order valence-corrected chi connectivity index (χ2v) is 6.58. The summed E-state index contributed by atoms with van der Waals surface area (Å²) in [6.45, 7) is 1.93. The molecule has 138 valence electrons. The maximum absolute atomic E-state index is 13.5. The Bertz CT molecular complexity index is 1140. The summed E-state index contributed by atoms with van der Waals surface area (Å²) in [7, 11) is 0. The standard InChI is InChI=1S/C21H16FN5O/c1-13-21(15-2-5-17(22)6-3-15,16-4-7-19(28)25-12-16)27-20(26-13)18-10-14(11-23)8-9-24-18/h2-10,12-13H,1H3,(H,25,28)(H,26,27)/t13-,21-/m0/s1. The molecule has 0 amide bonds. The van der Waals surface area contributed by atoms with Crippen LogP contribution in [0.2, 0.25) is 0 Å². The number of amidine groups is 1. The molecule has 0 bridgehead atoms. The second kappa shape index (κ2) is 6.74. The summed E-state index contributed by atoms with van der Waals surface area (Å²) < 4.78 is 13.5. The second-order valence-electron chi connectivity index (χ2n) is 6.58. The van der Waals surface area contributed by atoms with Crippen LogP contribution in [0.5, 0.6) is 0 Å². The van der Waals surface area contributed by atoms with Gasteiger partial charge in [-0.1, -0.05) is 12.1 Å². The molecule has 2 N–H and O–H groups in total. The van der Waals surface area contributed by atoms with Crippen LogP contribution in [0, 0.1) is 17.1 Å². The zero-order valence-electron chi connectivity index (χ0n) is 15.0. The Kier molecular flexibility index (Phi) is 4.24. The lowest BCUT2D eigenvalue weighted by atomic mass is 9.79. The van der Waals surface area contributed by atoms with Crippen molar-refractivity contribution in [2.24, 2.45) is 4.99 Å². The normalized spacial score (nSPS) is 20.9. The van der Waals surface area contributed by atoms with Crippen molar-refractivity contribution in [1.29, 1.82) is 5.26 Å². The van der Waals surface area contributed by atoms with Gasteiger partial charge in [0, 0.05) is 24.0 Å². The highest BCUT2D eigenvalue weighted by Gasteiger charge is 2.45. The fourth-order valence-corrected chi connectivity index (χ4v) is 3.54. The van der Waals surface area contributed by atoms with Crippen LogP contribution in [-0.2, 0) is 5.54 Å². The third-order valence-corrected chi connectivity index (χ3v) is 4.94. The molecule has 1 aliphatic rings. The summed E-state index contributed by atoms with van der Waals surface area (Å²) in [5.41, 5.74) is 1.56. The van der Waals surface area contributed by atoms with E-state index in [0.29, 0.717) is 17.1 Å². The number of halogens is 1. The first-order valence-corrected chi connectivity index (χ1v) is 8.71. The van der Waals surface area contributed by atoms with Crippen molar-refractivity contribution in [3.05, 3.63) is 99.5 Å². The number of nitrogens with one attached hydrogen (secondary N) is 2. The van der Waals surface area contributed by atoms with Crippen molar-refractivity contribution in [2.45, 2.75) is 18.5 Å². The molecule has 28 heavy (non-hydrogen) atoms. The van der Waals surface area contributed by atoms with Crippen molar-refractivity contribution in [2.75, 3.05) is 0 Å². The van der Waals surface area contributed by atoms with E-state index in [1.165, 1.54) is 18.2 Å². The molecule has 1 aromatic carbocycles. The van der Waals surface area contributed by atoms with Gasteiger partial charge in [-0.2, -0.15) is 5.26 Å². The van der Waals surface area contributed by atoms with Gasteiger partial charge in [-0.05, 0) is 42.8 Å². The first-order chi connectivity index (χ1) is 13.5. The molecule has 4 rings (SSSR count). The molecule has 1 aliphatic heterocycles. The van der Waals surface area contributed by atoms with E-state index in [4.69, 9.17) is 10.3 Å². The molecular weight excluding hydrogens is 357 g/mol. The zero-order valence-corrected chi connectivity index (χ0v) is 15.0. The van der Waals surface area contributed by atoms with Gasteiger partial charge in [0.25, 0.3) is 0 Å². The number of hydrogen-bond acceptors (Lipinski definition) is 5. The highest BCUT2D eigenvalue weighted by molar-refractivity contribution is 6.00. The number of aromatic amines is 1. The molecule has 0 fully saturated rings. The first-order valence-electron chi connectivity index (χ1n) is 8.71. The number of H-pyrrole nitrogens is 1. The van der Waals surface area contributed by atoms with Gasteiger partial charge in [0.1, 0.15) is 22.9 Å². The fourth-order valence-electron chi connectivity index (χ4n) is 3.54. The third-order valence-electron chi connectivity index (χ3n) is 4.94. The minimum atomic E-state index is -0.822. The van der Waals surface area contributed by atoms with Gasteiger partial charge in [-0.15, -0.1) is 0 Å². The van der Waals surface area contributed by atoms with Gasteiger partial charge < -0.3 is 10.3 Å². The minimum absolute atomic E-state index is 0.215. The highest BCUT2D eigenvalue weighted by atomic mass is 19.1. The van der Waals surface area contributed by atoms with Crippen LogP contribution in [0.1, 0.15) is 29.3 Å². The predicted octanol–water partition coefficient (Wildman–Crippen LogP) is 2.46. The Morgan fingerprint density at radius 2 is 1.89 bits per heavy atom. The molecule has 0 aliphatic carbocycles. The molecule has 3 aromatic rings. The molecule has 7 heteroatoms. The van der Waals surface area contributed by atoms with E-state index in [2.05, 4.69) is 21.4 Å². The fraction of sp³-hybridized carbons (Fsp3) is 0.143. The number of nitriles is 1. The number of nitrogens with zero attached hydrogens (tertiary/aromatic N) is 3. The number of rotatable bonds is 3. The number of benzene rings is 1. The van der Waals surface area contributed by atoms with Crippen LogP contribution >= 0.6 is 0 Å². The summed E-state index contributed by atoms with van der Waals surface area (Å²) >= 11 is 0. The summed E-state index contributed by atoms with van der Waals surface area (Å²) in [5.74, 6) is 0.190. The van der Waals surface area contributed by atoms with E-state index >= 15 is 0 Å². The van der Waals surface area contributed by atoms with Crippen molar-refractivity contribution >= 4 is 5.84 Å². The largest absolute Gasteiger partial charge is 0.353 e. The highest BCUT2D eigenvalue weighted by Crippen LogP contribution is 2.38. The summed E-state index contributed by atoms with van der Waals surface area (Å²) in [4.78, 5) is 23.3. The number of hydrogen-bond donors (Lipinski definition) is 2. The lowest BCUT2D eigenvalue weighted by Crippen LogP contribution is -2.48. The van der Waals surface area contributed by atoms with Crippen molar-refractivity contribution < 1.29 is 4.39 Å². The van der Waals surface area contributed by atoms with Crippen LogP contribution in [0.4, 0.5) is 4.39 Å². The summed E-state index contributed by atoms with van der Waals surface area (Å²) in [6, 6.07) is 14.4. The molecule has 0 spiro atoms. The Balaban J connectivity index is 1.85. The Morgan fingerprint density at radius 3 is 2.57 bits per heavy atom. The lowest BCUT2D eigenvalue weighted by Gasteiger charge is -2.34. The summed E-state index contributed by atoms with van der Waals surface area (Å²) in [5, 5.41) is 12.6. The van der Waals surface area contributed by atoms with Crippen molar-refractivity contribution in [3.63, 3.8) is 0 Å². The molecule has 6 nitrogen and oxygen atoms in total. The van der Waals surface area contributed by atoms with Gasteiger partial charge in [-0.3, -0.25) is 14.8 Å². The molecular formula is C21H16FN5O. The third kappa shape index (κ3) is 2.85. The molecule has 0 radical (unpaired) electrons. The van der Waals surface area contributed by atoms with Crippen molar-refractivity contribution in [1.82, 2.24) is 15.3 Å². The molecule has 0 saturated carbocycles. The Labute approximate surface area is 160 Å². The van der Waals surface area contributed by atoms with E-state index in [1.807, 2.05) is 6.92 Å². The van der Waals surface area contributed by atoms with E-state index in [0.717, 1.165) is 11.1 Å². The maximum atomic E-state index is 13.5. The van der Waals surface area contributed by atoms with Gasteiger partial charge in [0.05, 0.1) is 17.7 Å². The van der Waals surface area contributed by atoms with Crippen LogP contribution in [-0.4, -0.2) is 21.8 Å². The lowest BCUT2D eigenvalue weighted by molar-refractivity contribution is 0.432. The number of pyridine rings is 2. The van der Waals surface area contributed by atoms with E-state index < -0.39 is 5.54 Å². The topological polar surface area (TPSA) is 93.9 Å². The molecule has 2 atom stereocenters. The van der Waals surface area contributed by atoms with Gasteiger partial charge in [-0.25, -0.2) is 4.39 Å². The van der Waals surface area contributed by atoms with Gasteiger partial charge in [0.15, 0.2) is 0 Å². The quantitative estimate of drug-likeness (QED) is 0.737. The predicted molar refractivity (Wildman–Crippen MR) is 102 cm³/mol. The monoisotopic (exact) mass is 373 g/mol. The van der Waals surface area contributed by atoms with Gasteiger partial charge in [0.2, 0.25) is 5.56 Å². The van der Waals surface area contributed by atoms with Crippen molar-refractivity contribution in [3.8, 4) is 6.07 Å². The van der Waals surface area contributed by atoms with Gasteiger partial charge >= 0.3 is 0 Å². The Hall–Kier alpha value is -3.79. The molecule has 0 saturated heterocycles. The minimum Gasteiger partial charge on any atom is -0.353 e. The smallest absolute Gasteiger partial charge is 0.247 e. The van der Waals surface area contributed by atoms with E-state index in [9.17, 15) is 9.18 Å². The first kappa shape index (κ1) is 17.6. The van der Waals surface area contributed by atoms with Crippen LogP contribution in [0.3, 0.4) is 0 Å². The molecule has 0 unspecified atom stereocenters. The maximum Gasteiger partial charge on any atom is 0.247 e. The van der Waals surface area contributed by atoms with Crippen LogP contribution < -0.4 is 10.9 Å². The SMILES string of the molecule is C[C@@H]1N=C(c2cc(C#N)ccn2)N[C@@]1(c1ccc(F)cc1)c1ccc(=O)[nH]c1. The molecule has 3 heterocycles.